The van der Waals surface area contributed by atoms with Crippen LogP contribution in [0.3, 0.4) is 0 Å². The number of hydrogen-bond donors (Lipinski definition) is 3. The Kier molecular flexibility index (Phi) is 12.5. The summed E-state index contributed by atoms with van der Waals surface area (Å²) in [6.45, 7) is 5.73. The fourth-order valence-electron chi connectivity index (χ4n) is 4.96. The second-order valence-corrected chi connectivity index (χ2v) is 12.4. The topological polar surface area (TPSA) is 116 Å². The van der Waals surface area contributed by atoms with E-state index in [0.717, 1.165) is 34.1 Å². The molecular formula is C34H46N4O4S. The monoisotopic (exact) mass is 606 g/mol. The van der Waals surface area contributed by atoms with E-state index in [2.05, 4.69) is 5.32 Å². The smallest absolute Gasteiger partial charge is 0.246 e. The van der Waals surface area contributed by atoms with Crippen LogP contribution >= 0.6 is 11.3 Å². The third-order valence-corrected chi connectivity index (χ3v) is 9.10. The van der Waals surface area contributed by atoms with Crippen molar-refractivity contribution >= 4 is 39.8 Å². The Morgan fingerprint density at radius 1 is 0.977 bits per heavy atom. The number of likely N-dealkylation sites (N-methyl/N-ethyl adjacent to an activating group) is 2. The summed E-state index contributed by atoms with van der Waals surface area (Å²) >= 11 is 1.51. The van der Waals surface area contributed by atoms with Crippen LogP contribution in [0.5, 0.6) is 0 Å². The molecule has 232 valence electrons. The Labute approximate surface area is 259 Å². The number of nitrogens with two attached hydrogens (primary N) is 1. The number of aliphatic hydroxyl groups is 1. The van der Waals surface area contributed by atoms with Crippen LogP contribution in [0, 0.1) is 0 Å². The van der Waals surface area contributed by atoms with E-state index in [1.54, 1.807) is 27.1 Å². The summed E-state index contributed by atoms with van der Waals surface area (Å²) in [4.78, 5) is 44.9. The number of carbonyl (C=O) groups excluding carboxylic acids is 3. The van der Waals surface area contributed by atoms with E-state index >= 15 is 0 Å². The Morgan fingerprint density at radius 3 is 2.30 bits per heavy atom. The molecule has 43 heavy (non-hydrogen) atoms. The Morgan fingerprint density at radius 2 is 1.67 bits per heavy atom. The highest BCUT2D eigenvalue weighted by Crippen LogP contribution is 2.21. The van der Waals surface area contributed by atoms with E-state index in [0.29, 0.717) is 12.8 Å². The molecule has 0 aliphatic heterocycles. The van der Waals surface area contributed by atoms with Crippen molar-refractivity contribution in [3.8, 4) is 0 Å². The fraction of sp³-hybridized carbons (Fsp3) is 0.441. The van der Waals surface area contributed by atoms with Crippen LogP contribution in [-0.4, -0.2) is 77.0 Å². The van der Waals surface area contributed by atoms with Crippen molar-refractivity contribution in [3.63, 3.8) is 0 Å². The van der Waals surface area contributed by atoms with Crippen LogP contribution in [0.1, 0.15) is 50.5 Å². The summed E-state index contributed by atoms with van der Waals surface area (Å²) < 4.78 is 0. The molecule has 8 nitrogen and oxygen atoms in total. The maximum Gasteiger partial charge on any atom is 0.246 e. The van der Waals surface area contributed by atoms with Gasteiger partial charge in [0.1, 0.15) is 12.1 Å². The fourth-order valence-corrected chi connectivity index (χ4v) is 5.71. The van der Waals surface area contributed by atoms with Gasteiger partial charge in [0.05, 0.1) is 6.10 Å². The SMILES string of the molecule is CCC(N)(CC)CC=CC(=O)N(C)[C@H](Cc1ccc2ccccc2c1)C(=O)N(C)[C@H](Cc1cccs1)C(=O)NC[C@@H](C)O. The summed E-state index contributed by atoms with van der Waals surface area (Å²) in [5.41, 5.74) is 6.94. The van der Waals surface area contributed by atoms with Gasteiger partial charge in [-0.3, -0.25) is 14.4 Å². The molecule has 3 atom stereocenters. The first-order chi connectivity index (χ1) is 20.5. The molecule has 0 bridgehead atoms. The highest BCUT2D eigenvalue weighted by Gasteiger charge is 2.35. The molecule has 9 heteroatoms. The van der Waals surface area contributed by atoms with Crippen LogP contribution in [0.4, 0.5) is 0 Å². The van der Waals surface area contributed by atoms with Crippen LogP contribution < -0.4 is 11.1 Å². The zero-order valence-corrected chi connectivity index (χ0v) is 26.8. The lowest BCUT2D eigenvalue weighted by Gasteiger charge is -2.34. The minimum atomic E-state index is -0.862. The number of fused-ring (bicyclic) bond motifs is 1. The molecule has 4 N–H and O–H groups in total. The Bertz CT molecular complexity index is 1380. The lowest BCUT2D eigenvalue weighted by Crippen LogP contribution is -2.56. The molecule has 0 radical (unpaired) electrons. The maximum absolute atomic E-state index is 14.3. The Hall–Kier alpha value is -3.53. The van der Waals surface area contributed by atoms with Gasteiger partial charge in [0.2, 0.25) is 17.7 Å². The zero-order valence-electron chi connectivity index (χ0n) is 26.0. The third kappa shape index (κ3) is 9.48. The van der Waals surface area contributed by atoms with Gasteiger partial charge in [0.15, 0.2) is 0 Å². The van der Waals surface area contributed by atoms with Crippen molar-refractivity contribution in [2.45, 2.75) is 76.6 Å². The number of benzene rings is 2. The van der Waals surface area contributed by atoms with E-state index in [-0.39, 0.29) is 36.2 Å². The maximum atomic E-state index is 14.3. The molecule has 1 aromatic heterocycles. The third-order valence-electron chi connectivity index (χ3n) is 8.20. The predicted octanol–water partition coefficient (Wildman–Crippen LogP) is 4.30. The molecular weight excluding hydrogens is 560 g/mol. The minimum Gasteiger partial charge on any atom is -0.392 e. The lowest BCUT2D eigenvalue weighted by atomic mass is 9.90. The number of thiophene rings is 1. The van der Waals surface area contributed by atoms with Crippen molar-refractivity contribution in [2.75, 3.05) is 20.6 Å². The first-order valence-corrected chi connectivity index (χ1v) is 15.8. The molecule has 1 heterocycles. The van der Waals surface area contributed by atoms with Gasteiger partial charge in [-0.15, -0.1) is 11.3 Å². The number of nitrogens with one attached hydrogen (secondary N) is 1. The molecule has 0 spiro atoms. The largest absolute Gasteiger partial charge is 0.392 e. The summed E-state index contributed by atoms with van der Waals surface area (Å²) in [5, 5.41) is 16.6. The van der Waals surface area contributed by atoms with Gasteiger partial charge in [0, 0.05) is 43.9 Å². The van der Waals surface area contributed by atoms with Crippen molar-refractivity contribution < 1.29 is 19.5 Å². The normalized spacial score (nSPS) is 13.9. The summed E-state index contributed by atoms with van der Waals surface area (Å²) in [5.74, 6) is -1.01. The number of rotatable bonds is 15. The number of aliphatic hydroxyl groups excluding tert-OH is 1. The molecule has 0 aliphatic rings. The summed E-state index contributed by atoms with van der Waals surface area (Å²) in [7, 11) is 3.23. The summed E-state index contributed by atoms with van der Waals surface area (Å²) in [6, 6.07) is 16.2. The van der Waals surface area contributed by atoms with Gasteiger partial charge < -0.3 is 26.0 Å². The van der Waals surface area contributed by atoms with Gasteiger partial charge in [-0.05, 0) is 60.0 Å². The van der Waals surface area contributed by atoms with Gasteiger partial charge >= 0.3 is 0 Å². The predicted molar refractivity (Wildman–Crippen MR) is 175 cm³/mol. The van der Waals surface area contributed by atoms with Gasteiger partial charge in [0.25, 0.3) is 0 Å². The van der Waals surface area contributed by atoms with E-state index in [1.165, 1.54) is 27.2 Å². The van der Waals surface area contributed by atoms with Gasteiger partial charge in [-0.25, -0.2) is 0 Å². The number of carbonyl (C=O) groups is 3. The number of amides is 3. The van der Waals surface area contributed by atoms with Crippen molar-refractivity contribution in [2.24, 2.45) is 5.73 Å². The standard InChI is InChI=1S/C34H46N4O4S/c1-6-34(35,7-2)18-10-15-31(40)37(4)30(21-25-16-17-26-12-8-9-13-27(26)20-25)33(42)38(5)29(22-28-14-11-19-43-28)32(41)36-23-24(3)39/h8-17,19-20,24,29-30,39H,6-7,18,21-23,35H2,1-5H3,(H,36,41)/t24-,29-,30-/m1/s1. The first-order valence-electron chi connectivity index (χ1n) is 14.9. The quantitative estimate of drug-likeness (QED) is 0.223. The van der Waals surface area contributed by atoms with Crippen LogP contribution in [0.25, 0.3) is 10.8 Å². The van der Waals surface area contributed by atoms with Gasteiger partial charge in [-0.2, -0.15) is 0 Å². The van der Waals surface area contributed by atoms with E-state index in [1.807, 2.05) is 73.8 Å². The van der Waals surface area contributed by atoms with Crippen LogP contribution in [-0.2, 0) is 27.2 Å². The average molecular weight is 607 g/mol. The molecule has 3 amide bonds. The second-order valence-electron chi connectivity index (χ2n) is 11.4. The first kappa shape index (κ1) is 34.0. The minimum absolute atomic E-state index is 0.0731. The highest BCUT2D eigenvalue weighted by molar-refractivity contribution is 7.09. The van der Waals surface area contributed by atoms with Crippen molar-refractivity contribution in [1.82, 2.24) is 15.1 Å². The summed E-state index contributed by atoms with van der Waals surface area (Å²) in [6.07, 6.45) is 5.27. The molecule has 0 saturated heterocycles. The molecule has 0 saturated carbocycles. The van der Waals surface area contributed by atoms with Crippen LogP contribution in [0.2, 0.25) is 0 Å². The lowest BCUT2D eigenvalue weighted by molar-refractivity contribution is -0.146. The van der Waals surface area contributed by atoms with E-state index in [9.17, 15) is 19.5 Å². The average Bonchev–Trinajstić information content (AvgIpc) is 3.53. The molecule has 3 rings (SSSR count). The highest BCUT2D eigenvalue weighted by atomic mass is 32.1. The van der Waals surface area contributed by atoms with Crippen molar-refractivity contribution in [3.05, 3.63) is 82.6 Å². The molecule has 2 aromatic carbocycles. The second kappa shape index (κ2) is 15.8. The molecule has 0 fully saturated rings. The molecule has 3 aromatic rings. The van der Waals surface area contributed by atoms with E-state index < -0.39 is 18.2 Å². The number of nitrogens with zero attached hydrogens (tertiary/aromatic N) is 2. The van der Waals surface area contributed by atoms with Crippen LogP contribution in [0.15, 0.2) is 72.1 Å². The zero-order chi connectivity index (χ0) is 31.6. The van der Waals surface area contributed by atoms with Gasteiger partial charge in [-0.1, -0.05) is 68.5 Å². The molecule has 0 aliphatic carbocycles. The van der Waals surface area contributed by atoms with E-state index in [4.69, 9.17) is 5.73 Å². The molecule has 0 unspecified atom stereocenters. The number of hydrogen-bond acceptors (Lipinski definition) is 6. The van der Waals surface area contributed by atoms with Crippen molar-refractivity contribution in [1.29, 1.82) is 0 Å². The Balaban J connectivity index is 1.93.